The second kappa shape index (κ2) is 10.4. The number of phosphoric acid groups is 1. The highest BCUT2D eigenvalue weighted by Crippen LogP contribution is 2.50. The van der Waals surface area contributed by atoms with Crippen molar-refractivity contribution in [3.05, 3.63) is 60.2 Å². The molecule has 142 valence electrons. The maximum atomic E-state index is 13.3. The van der Waals surface area contributed by atoms with Crippen LogP contribution in [0.3, 0.4) is 0 Å². The van der Waals surface area contributed by atoms with E-state index in [2.05, 4.69) is 13.8 Å². The number of benzene rings is 2. The summed E-state index contributed by atoms with van der Waals surface area (Å²) in [5.41, 5.74) is 1.10. The normalized spacial score (nSPS) is 14.4. The van der Waals surface area contributed by atoms with E-state index < -0.39 is 7.82 Å². The van der Waals surface area contributed by atoms with Gasteiger partial charge in [0.05, 0.1) is 6.61 Å². The fourth-order valence-electron chi connectivity index (χ4n) is 2.50. The summed E-state index contributed by atoms with van der Waals surface area (Å²) in [5, 5.41) is 0. The van der Waals surface area contributed by atoms with E-state index in [1.165, 1.54) is 0 Å². The monoisotopic (exact) mass is 376 g/mol. The molecule has 2 aromatic rings. The molecule has 2 unspecified atom stereocenters. The third-order valence-electron chi connectivity index (χ3n) is 4.21. The summed E-state index contributed by atoms with van der Waals surface area (Å²) in [6.45, 7) is 6.62. The highest BCUT2D eigenvalue weighted by molar-refractivity contribution is 7.49. The van der Waals surface area contributed by atoms with E-state index in [0.717, 1.165) is 31.2 Å². The van der Waals surface area contributed by atoms with Gasteiger partial charge < -0.3 is 9.05 Å². The molecule has 26 heavy (non-hydrogen) atoms. The molecule has 0 saturated heterocycles. The molecule has 0 bridgehead atoms. The van der Waals surface area contributed by atoms with E-state index >= 15 is 0 Å². The van der Waals surface area contributed by atoms with Crippen molar-refractivity contribution < 1.29 is 18.1 Å². The number of aryl methyl sites for hydroxylation is 1. The molecule has 4 nitrogen and oxygen atoms in total. The van der Waals surface area contributed by atoms with Gasteiger partial charge in [-0.3, -0.25) is 4.52 Å². The minimum atomic E-state index is -3.78. The largest absolute Gasteiger partial charge is 0.587 e. The molecule has 0 spiro atoms. The number of unbranched alkanes of at least 4 members (excludes halogenated alkanes) is 1. The van der Waals surface area contributed by atoms with Gasteiger partial charge in [-0.15, -0.1) is 0 Å². The van der Waals surface area contributed by atoms with E-state index in [4.69, 9.17) is 13.6 Å². The third-order valence-corrected chi connectivity index (χ3v) is 5.54. The average molecular weight is 376 g/mol. The maximum absolute atomic E-state index is 13.3. The molecule has 0 radical (unpaired) electrons. The van der Waals surface area contributed by atoms with E-state index in [9.17, 15) is 4.57 Å². The van der Waals surface area contributed by atoms with Crippen molar-refractivity contribution in [2.45, 2.75) is 46.5 Å². The summed E-state index contributed by atoms with van der Waals surface area (Å²) in [6.07, 6.45) is 4.28. The van der Waals surface area contributed by atoms with E-state index in [0.29, 0.717) is 24.0 Å². The summed E-state index contributed by atoms with van der Waals surface area (Å²) in [7, 11) is -3.78. The molecule has 0 fully saturated rings. The van der Waals surface area contributed by atoms with Crippen LogP contribution in [0.2, 0.25) is 0 Å². The van der Waals surface area contributed by atoms with Crippen LogP contribution in [0.25, 0.3) is 0 Å². The van der Waals surface area contributed by atoms with Crippen molar-refractivity contribution in [1.82, 2.24) is 0 Å². The van der Waals surface area contributed by atoms with Crippen LogP contribution in [0.4, 0.5) is 0 Å². The molecule has 0 heterocycles. The van der Waals surface area contributed by atoms with Crippen molar-refractivity contribution in [2.24, 2.45) is 5.92 Å². The first-order chi connectivity index (χ1) is 12.5. The summed E-state index contributed by atoms with van der Waals surface area (Å²) in [4.78, 5) is 0. The molecule has 0 aromatic heterocycles. The maximum Gasteiger partial charge on any atom is 0.587 e. The van der Waals surface area contributed by atoms with Gasteiger partial charge in [-0.1, -0.05) is 69.0 Å². The Hall–Kier alpha value is -1.77. The van der Waals surface area contributed by atoms with Gasteiger partial charge in [0.1, 0.15) is 11.5 Å². The second-order valence-electron chi connectivity index (χ2n) is 6.47. The van der Waals surface area contributed by atoms with Crippen LogP contribution in [-0.4, -0.2) is 6.61 Å². The molecule has 0 aliphatic heterocycles. The quantitative estimate of drug-likeness (QED) is 0.405. The Labute approximate surface area is 157 Å². The average Bonchev–Trinajstić information content (AvgIpc) is 2.65. The number of hydrogen-bond acceptors (Lipinski definition) is 4. The SMILES string of the molecule is CCCCC(CC)COP(=O)(Oc1ccccc1)Oc1ccc(C)cc1. The van der Waals surface area contributed by atoms with Gasteiger partial charge in [0.2, 0.25) is 0 Å². The fraction of sp³-hybridized carbons (Fsp3) is 0.429. The summed E-state index contributed by atoms with van der Waals surface area (Å²) < 4.78 is 30.3. The van der Waals surface area contributed by atoms with Gasteiger partial charge in [0.15, 0.2) is 0 Å². The van der Waals surface area contributed by atoms with Crippen molar-refractivity contribution in [3.8, 4) is 11.5 Å². The molecular weight excluding hydrogens is 347 g/mol. The lowest BCUT2D eigenvalue weighted by atomic mass is 10.0. The van der Waals surface area contributed by atoms with E-state index in [1.54, 1.807) is 24.3 Å². The highest BCUT2D eigenvalue weighted by atomic mass is 31.2. The van der Waals surface area contributed by atoms with Crippen LogP contribution in [-0.2, 0) is 9.09 Å². The van der Waals surface area contributed by atoms with E-state index in [-0.39, 0.29) is 0 Å². The summed E-state index contributed by atoms with van der Waals surface area (Å²) >= 11 is 0. The lowest BCUT2D eigenvalue weighted by Gasteiger charge is -2.22. The van der Waals surface area contributed by atoms with Crippen molar-refractivity contribution >= 4 is 7.82 Å². The predicted octanol–water partition coefficient (Wildman–Crippen LogP) is 6.79. The number of para-hydroxylation sites is 1. The number of rotatable bonds is 11. The summed E-state index contributed by atoms with van der Waals surface area (Å²) in [5.74, 6) is 1.27. The van der Waals surface area contributed by atoms with Gasteiger partial charge in [-0.2, -0.15) is 0 Å². The number of phosphoric ester groups is 1. The fourth-order valence-corrected chi connectivity index (χ4v) is 3.80. The van der Waals surface area contributed by atoms with Crippen molar-refractivity contribution in [2.75, 3.05) is 6.61 Å². The Bertz CT molecular complexity index is 685. The first-order valence-electron chi connectivity index (χ1n) is 9.30. The zero-order valence-electron chi connectivity index (χ0n) is 15.9. The van der Waals surface area contributed by atoms with Crippen LogP contribution >= 0.6 is 7.82 Å². The summed E-state index contributed by atoms with van der Waals surface area (Å²) in [6, 6.07) is 16.3. The minimum Gasteiger partial charge on any atom is -0.395 e. The minimum absolute atomic E-state index is 0.337. The van der Waals surface area contributed by atoms with Crippen molar-refractivity contribution in [1.29, 1.82) is 0 Å². The van der Waals surface area contributed by atoms with E-state index in [1.807, 2.05) is 37.3 Å². The topological polar surface area (TPSA) is 44.8 Å². The predicted molar refractivity (Wildman–Crippen MR) is 106 cm³/mol. The van der Waals surface area contributed by atoms with Crippen LogP contribution in [0.15, 0.2) is 54.6 Å². The molecule has 2 aromatic carbocycles. The van der Waals surface area contributed by atoms with Crippen LogP contribution < -0.4 is 9.05 Å². The standard InChI is InChI=1S/C21H29O4P/c1-4-6-10-19(5-2)17-23-26(22,24-20-11-8-7-9-12-20)25-21-15-13-18(3)14-16-21/h7-9,11-16,19H,4-6,10,17H2,1-3H3. The molecule has 2 rings (SSSR count). The van der Waals surface area contributed by atoms with Gasteiger partial charge in [-0.25, -0.2) is 4.57 Å². The Balaban J connectivity index is 2.11. The van der Waals surface area contributed by atoms with Crippen LogP contribution in [0.5, 0.6) is 11.5 Å². The first kappa shape index (κ1) is 20.5. The molecule has 0 saturated carbocycles. The highest BCUT2D eigenvalue weighted by Gasteiger charge is 2.31. The Morgan fingerprint density at radius 1 is 0.923 bits per heavy atom. The molecule has 2 atom stereocenters. The molecule has 0 amide bonds. The zero-order valence-corrected chi connectivity index (χ0v) is 16.8. The van der Waals surface area contributed by atoms with Gasteiger partial charge in [-0.05, 0) is 43.5 Å². The zero-order chi connectivity index (χ0) is 18.8. The molecule has 0 N–H and O–H groups in total. The molecule has 0 aliphatic carbocycles. The Morgan fingerprint density at radius 2 is 1.54 bits per heavy atom. The molecule has 5 heteroatoms. The smallest absolute Gasteiger partial charge is 0.395 e. The molecular formula is C21H29O4P. The Morgan fingerprint density at radius 3 is 2.12 bits per heavy atom. The van der Waals surface area contributed by atoms with Gasteiger partial charge in [0, 0.05) is 0 Å². The van der Waals surface area contributed by atoms with Crippen LogP contribution in [0, 0.1) is 12.8 Å². The number of hydrogen-bond donors (Lipinski definition) is 0. The van der Waals surface area contributed by atoms with Crippen LogP contribution in [0.1, 0.15) is 45.1 Å². The van der Waals surface area contributed by atoms with Crippen molar-refractivity contribution in [3.63, 3.8) is 0 Å². The molecule has 0 aliphatic rings. The lowest BCUT2D eigenvalue weighted by molar-refractivity contribution is 0.170. The first-order valence-corrected chi connectivity index (χ1v) is 10.8. The lowest BCUT2D eigenvalue weighted by Crippen LogP contribution is -2.12. The van der Waals surface area contributed by atoms with Gasteiger partial charge >= 0.3 is 7.82 Å². The van der Waals surface area contributed by atoms with Gasteiger partial charge in [0.25, 0.3) is 0 Å². The second-order valence-corrected chi connectivity index (χ2v) is 7.99. The Kier molecular flexibility index (Phi) is 8.21. The third kappa shape index (κ3) is 6.86.